The number of nitrogens with one attached hydrogen (secondary N) is 1. The van der Waals surface area contributed by atoms with Gasteiger partial charge in [-0.15, -0.1) is 5.10 Å². The van der Waals surface area contributed by atoms with Crippen molar-refractivity contribution in [1.29, 1.82) is 0 Å². The Morgan fingerprint density at radius 1 is 1.28 bits per heavy atom. The summed E-state index contributed by atoms with van der Waals surface area (Å²) in [5, 5.41) is 15.0. The van der Waals surface area contributed by atoms with Crippen molar-refractivity contribution in [1.82, 2.24) is 25.5 Å². The quantitative estimate of drug-likeness (QED) is 0.839. The zero-order valence-corrected chi connectivity index (χ0v) is 10.9. The Morgan fingerprint density at radius 3 is 2.78 bits per heavy atom. The summed E-state index contributed by atoms with van der Waals surface area (Å²) >= 11 is 0. The van der Waals surface area contributed by atoms with E-state index in [1.165, 1.54) is 5.56 Å². The molecule has 0 saturated carbocycles. The first-order valence-electron chi connectivity index (χ1n) is 6.28. The van der Waals surface area contributed by atoms with Gasteiger partial charge in [0.1, 0.15) is 0 Å². The molecule has 1 heterocycles. The molecule has 2 rings (SSSR count). The first-order valence-corrected chi connectivity index (χ1v) is 6.28. The number of hydrogen-bond acceptors (Lipinski definition) is 4. The van der Waals surface area contributed by atoms with Crippen LogP contribution >= 0.6 is 0 Å². The van der Waals surface area contributed by atoms with Crippen molar-refractivity contribution < 1.29 is 0 Å². The smallest absolute Gasteiger partial charge is 0.167 e. The molecule has 0 aliphatic rings. The summed E-state index contributed by atoms with van der Waals surface area (Å²) in [6.07, 6.45) is 2.09. The Labute approximate surface area is 107 Å². The molecule has 1 N–H and O–H groups in total. The van der Waals surface area contributed by atoms with Crippen molar-refractivity contribution >= 4 is 0 Å². The number of rotatable bonds is 6. The molecule has 0 radical (unpaired) electrons. The second kappa shape index (κ2) is 6.26. The minimum atomic E-state index is 0.178. The summed E-state index contributed by atoms with van der Waals surface area (Å²) in [4.78, 5) is 0. The van der Waals surface area contributed by atoms with Crippen LogP contribution < -0.4 is 5.32 Å². The average molecular weight is 245 g/mol. The second-order valence-electron chi connectivity index (χ2n) is 4.36. The van der Waals surface area contributed by atoms with Crippen molar-refractivity contribution in [2.45, 2.75) is 32.4 Å². The van der Waals surface area contributed by atoms with Gasteiger partial charge >= 0.3 is 0 Å². The fourth-order valence-electron chi connectivity index (χ4n) is 1.89. The largest absolute Gasteiger partial charge is 0.311 e. The first-order chi connectivity index (χ1) is 8.81. The lowest BCUT2D eigenvalue weighted by Crippen LogP contribution is -2.18. The zero-order chi connectivity index (χ0) is 12.8. The Kier molecular flexibility index (Phi) is 4.41. The van der Waals surface area contributed by atoms with E-state index in [4.69, 9.17) is 0 Å². The summed E-state index contributed by atoms with van der Waals surface area (Å²) in [6, 6.07) is 10.7. The molecule has 1 unspecified atom stereocenters. The van der Waals surface area contributed by atoms with Gasteiger partial charge in [-0.25, -0.2) is 4.68 Å². The predicted octanol–water partition coefficient (Wildman–Crippen LogP) is 1.59. The normalized spacial score (nSPS) is 12.6. The lowest BCUT2D eigenvalue weighted by atomic mass is 10.1. The third-order valence-corrected chi connectivity index (χ3v) is 3.06. The Morgan fingerprint density at radius 2 is 2.06 bits per heavy atom. The monoisotopic (exact) mass is 245 g/mol. The van der Waals surface area contributed by atoms with Gasteiger partial charge in [-0.2, -0.15) is 0 Å². The van der Waals surface area contributed by atoms with Crippen molar-refractivity contribution in [3.05, 3.63) is 41.7 Å². The highest BCUT2D eigenvalue weighted by Crippen LogP contribution is 2.08. The molecule has 96 valence electrons. The topological polar surface area (TPSA) is 55.6 Å². The maximum atomic E-state index is 4.05. The first kappa shape index (κ1) is 12.7. The van der Waals surface area contributed by atoms with Gasteiger partial charge in [0.05, 0.1) is 6.04 Å². The van der Waals surface area contributed by atoms with Gasteiger partial charge in [-0.1, -0.05) is 30.3 Å². The van der Waals surface area contributed by atoms with Crippen LogP contribution in [0.3, 0.4) is 0 Å². The fraction of sp³-hybridized carbons (Fsp3) is 0.462. The van der Waals surface area contributed by atoms with Crippen molar-refractivity contribution in [3.63, 3.8) is 0 Å². The number of tetrazole rings is 1. The molecule has 5 nitrogen and oxygen atoms in total. The van der Waals surface area contributed by atoms with Crippen LogP contribution in [0.2, 0.25) is 0 Å². The van der Waals surface area contributed by atoms with Crippen LogP contribution in [0.5, 0.6) is 0 Å². The van der Waals surface area contributed by atoms with Gasteiger partial charge in [0.15, 0.2) is 5.82 Å². The molecule has 2 aromatic rings. The predicted molar refractivity (Wildman–Crippen MR) is 70.1 cm³/mol. The SMILES string of the molecule is CNC(C)c1nnnn1CCCc1ccccc1. The minimum absolute atomic E-state index is 0.178. The summed E-state index contributed by atoms with van der Waals surface area (Å²) in [6.45, 7) is 2.91. The van der Waals surface area contributed by atoms with E-state index < -0.39 is 0 Å². The molecule has 0 spiro atoms. The highest BCUT2D eigenvalue weighted by atomic mass is 15.5. The molecule has 1 atom stereocenters. The molecular formula is C13H19N5. The minimum Gasteiger partial charge on any atom is -0.311 e. The van der Waals surface area contributed by atoms with E-state index in [9.17, 15) is 0 Å². The molecule has 18 heavy (non-hydrogen) atoms. The van der Waals surface area contributed by atoms with Crippen LogP contribution in [0, 0.1) is 0 Å². The number of nitrogens with zero attached hydrogens (tertiary/aromatic N) is 4. The van der Waals surface area contributed by atoms with E-state index in [0.29, 0.717) is 0 Å². The maximum absolute atomic E-state index is 4.05. The standard InChI is InChI=1S/C13H19N5/c1-11(14-2)13-15-16-17-18(13)10-6-9-12-7-4-3-5-8-12/h3-5,7-8,11,14H,6,9-10H2,1-2H3. The third-order valence-electron chi connectivity index (χ3n) is 3.06. The molecule has 1 aromatic carbocycles. The van der Waals surface area contributed by atoms with E-state index >= 15 is 0 Å². The van der Waals surface area contributed by atoms with Crippen molar-refractivity contribution in [2.24, 2.45) is 0 Å². The highest BCUT2D eigenvalue weighted by molar-refractivity contribution is 5.14. The van der Waals surface area contributed by atoms with E-state index in [1.54, 1.807) is 0 Å². The second-order valence-corrected chi connectivity index (χ2v) is 4.36. The average Bonchev–Trinajstić information content (AvgIpc) is 2.87. The number of aryl methyl sites for hydroxylation is 2. The molecule has 0 saturated heterocycles. The van der Waals surface area contributed by atoms with Crippen LogP contribution in [0.15, 0.2) is 30.3 Å². The highest BCUT2D eigenvalue weighted by Gasteiger charge is 2.11. The van der Waals surface area contributed by atoms with Gasteiger partial charge in [-0.3, -0.25) is 0 Å². The number of aromatic nitrogens is 4. The zero-order valence-electron chi connectivity index (χ0n) is 10.9. The Hall–Kier alpha value is -1.75. The van der Waals surface area contributed by atoms with Crippen LogP contribution in [0.4, 0.5) is 0 Å². The van der Waals surface area contributed by atoms with Gasteiger partial charge in [0.2, 0.25) is 0 Å². The Balaban J connectivity index is 1.89. The third kappa shape index (κ3) is 3.13. The summed E-state index contributed by atoms with van der Waals surface area (Å²) in [7, 11) is 1.91. The van der Waals surface area contributed by atoms with Crippen molar-refractivity contribution in [2.75, 3.05) is 7.05 Å². The summed E-state index contributed by atoms with van der Waals surface area (Å²) in [5.74, 6) is 0.894. The molecule has 5 heteroatoms. The molecule has 0 aliphatic carbocycles. The number of hydrogen-bond donors (Lipinski definition) is 1. The molecule has 0 aliphatic heterocycles. The lowest BCUT2D eigenvalue weighted by molar-refractivity contribution is 0.497. The van der Waals surface area contributed by atoms with E-state index in [-0.39, 0.29) is 6.04 Å². The van der Waals surface area contributed by atoms with Crippen LogP contribution in [-0.4, -0.2) is 27.3 Å². The maximum Gasteiger partial charge on any atom is 0.167 e. The van der Waals surface area contributed by atoms with Crippen molar-refractivity contribution in [3.8, 4) is 0 Å². The summed E-state index contributed by atoms with van der Waals surface area (Å²) in [5.41, 5.74) is 1.36. The molecule has 0 amide bonds. The summed E-state index contributed by atoms with van der Waals surface area (Å²) < 4.78 is 1.88. The molecule has 1 aromatic heterocycles. The van der Waals surface area contributed by atoms with Gasteiger partial charge in [0, 0.05) is 6.54 Å². The van der Waals surface area contributed by atoms with Crippen LogP contribution in [0.25, 0.3) is 0 Å². The molecule has 0 bridgehead atoms. The van der Waals surface area contributed by atoms with E-state index in [2.05, 4.69) is 52.0 Å². The lowest BCUT2D eigenvalue weighted by Gasteiger charge is -2.10. The van der Waals surface area contributed by atoms with Gasteiger partial charge in [0.25, 0.3) is 0 Å². The van der Waals surface area contributed by atoms with Crippen LogP contribution in [-0.2, 0) is 13.0 Å². The van der Waals surface area contributed by atoms with Gasteiger partial charge < -0.3 is 5.32 Å². The van der Waals surface area contributed by atoms with E-state index in [1.807, 2.05) is 17.8 Å². The van der Waals surface area contributed by atoms with E-state index in [0.717, 1.165) is 25.2 Å². The Bertz CT molecular complexity index is 465. The van der Waals surface area contributed by atoms with Gasteiger partial charge in [-0.05, 0) is 42.8 Å². The number of benzene rings is 1. The molecular weight excluding hydrogens is 226 g/mol. The van der Waals surface area contributed by atoms with Crippen LogP contribution in [0.1, 0.15) is 30.8 Å². The fourth-order valence-corrected chi connectivity index (χ4v) is 1.89. The molecule has 0 fully saturated rings.